The van der Waals surface area contributed by atoms with Gasteiger partial charge in [0.25, 0.3) is 0 Å². The second-order valence-corrected chi connectivity index (χ2v) is 4.81. The van der Waals surface area contributed by atoms with Crippen molar-refractivity contribution in [3.05, 3.63) is 29.1 Å². The van der Waals surface area contributed by atoms with Crippen LogP contribution in [0.5, 0.6) is 5.75 Å². The molecular formula is C13H12F5NO2. The van der Waals surface area contributed by atoms with Crippen molar-refractivity contribution in [1.29, 1.82) is 0 Å². The number of likely N-dealkylation sites (N-methyl/N-ethyl adjacent to an activating group) is 1. The molecule has 1 aliphatic rings. The van der Waals surface area contributed by atoms with Crippen molar-refractivity contribution in [2.75, 3.05) is 13.6 Å². The van der Waals surface area contributed by atoms with Crippen molar-refractivity contribution >= 4 is 5.97 Å². The highest BCUT2D eigenvalue weighted by Crippen LogP contribution is 2.30. The van der Waals surface area contributed by atoms with Crippen LogP contribution in [0.1, 0.15) is 19.3 Å². The van der Waals surface area contributed by atoms with Gasteiger partial charge in [0.1, 0.15) is 6.04 Å². The van der Waals surface area contributed by atoms with Gasteiger partial charge in [-0.05, 0) is 26.4 Å². The number of carbonyl (C=O) groups excluding carboxylic acids is 1. The van der Waals surface area contributed by atoms with Crippen molar-refractivity contribution in [3.8, 4) is 5.75 Å². The van der Waals surface area contributed by atoms with E-state index in [1.807, 2.05) is 0 Å². The van der Waals surface area contributed by atoms with Crippen LogP contribution in [0, 0.1) is 29.1 Å². The third-order valence-electron chi connectivity index (χ3n) is 3.41. The minimum Gasteiger partial charge on any atom is -0.419 e. The number of ether oxygens (including phenoxy) is 1. The summed E-state index contributed by atoms with van der Waals surface area (Å²) >= 11 is 0. The van der Waals surface area contributed by atoms with Crippen LogP contribution in [0.15, 0.2) is 0 Å². The molecule has 1 unspecified atom stereocenters. The zero-order valence-corrected chi connectivity index (χ0v) is 11.1. The quantitative estimate of drug-likeness (QED) is 0.277. The molecule has 3 nitrogen and oxygen atoms in total. The zero-order valence-electron chi connectivity index (χ0n) is 11.1. The molecule has 0 bridgehead atoms. The first-order valence-corrected chi connectivity index (χ1v) is 6.28. The monoisotopic (exact) mass is 309 g/mol. The smallest absolute Gasteiger partial charge is 0.328 e. The molecule has 0 amide bonds. The molecule has 1 fully saturated rings. The highest BCUT2D eigenvalue weighted by atomic mass is 19.2. The maximum atomic E-state index is 13.4. The third kappa shape index (κ3) is 2.85. The number of hydrogen-bond donors (Lipinski definition) is 0. The van der Waals surface area contributed by atoms with E-state index in [-0.39, 0.29) is 0 Å². The van der Waals surface area contributed by atoms with Gasteiger partial charge in [-0.3, -0.25) is 4.90 Å². The minimum absolute atomic E-state index is 0.394. The lowest BCUT2D eigenvalue weighted by Crippen LogP contribution is -2.44. The van der Waals surface area contributed by atoms with Crippen molar-refractivity contribution in [2.45, 2.75) is 25.3 Å². The molecule has 1 aliphatic heterocycles. The number of hydrogen-bond acceptors (Lipinski definition) is 3. The second-order valence-electron chi connectivity index (χ2n) is 4.81. The summed E-state index contributed by atoms with van der Waals surface area (Å²) < 4.78 is 70.2. The first-order valence-electron chi connectivity index (χ1n) is 6.28. The molecule has 1 aromatic rings. The maximum absolute atomic E-state index is 13.4. The Morgan fingerprint density at radius 2 is 1.52 bits per heavy atom. The minimum atomic E-state index is -2.29. The Bertz CT molecular complexity index is 549. The van der Waals surface area contributed by atoms with E-state index < -0.39 is 46.8 Å². The van der Waals surface area contributed by atoms with E-state index in [1.165, 1.54) is 0 Å². The van der Waals surface area contributed by atoms with Gasteiger partial charge in [0, 0.05) is 0 Å². The summed E-state index contributed by atoms with van der Waals surface area (Å²) in [6, 6.07) is -0.770. The molecule has 0 radical (unpaired) electrons. The van der Waals surface area contributed by atoms with Crippen molar-refractivity contribution < 1.29 is 31.5 Å². The predicted molar refractivity (Wildman–Crippen MR) is 62.1 cm³/mol. The van der Waals surface area contributed by atoms with Crippen LogP contribution < -0.4 is 4.74 Å². The van der Waals surface area contributed by atoms with Crippen molar-refractivity contribution in [3.63, 3.8) is 0 Å². The highest BCUT2D eigenvalue weighted by Gasteiger charge is 2.32. The molecule has 0 N–H and O–H groups in total. The van der Waals surface area contributed by atoms with E-state index in [1.54, 1.807) is 11.9 Å². The summed E-state index contributed by atoms with van der Waals surface area (Å²) in [5, 5.41) is 0. The van der Waals surface area contributed by atoms with E-state index in [0.29, 0.717) is 19.4 Å². The lowest BCUT2D eigenvalue weighted by molar-refractivity contribution is -0.141. The number of rotatable bonds is 2. The van der Waals surface area contributed by atoms with Crippen LogP contribution in [0.4, 0.5) is 22.0 Å². The van der Waals surface area contributed by atoms with Gasteiger partial charge in [0.2, 0.25) is 34.8 Å². The Balaban J connectivity index is 2.29. The molecule has 1 saturated heterocycles. The predicted octanol–water partition coefficient (Wildman–Crippen LogP) is 2.77. The van der Waals surface area contributed by atoms with Crippen LogP contribution in [-0.4, -0.2) is 30.5 Å². The van der Waals surface area contributed by atoms with Gasteiger partial charge in [0.05, 0.1) is 0 Å². The van der Waals surface area contributed by atoms with E-state index in [0.717, 1.165) is 6.42 Å². The van der Waals surface area contributed by atoms with Gasteiger partial charge < -0.3 is 4.74 Å². The van der Waals surface area contributed by atoms with Gasteiger partial charge >= 0.3 is 5.97 Å². The molecule has 0 aliphatic carbocycles. The van der Waals surface area contributed by atoms with Gasteiger partial charge in [-0.15, -0.1) is 0 Å². The van der Waals surface area contributed by atoms with Gasteiger partial charge in [-0.25, -0.2) is 18.0 Å². The molecule has 1 atom stereocenters. The van der Waals surface area contributed by atoms with Gasteiger partial charge in [-0.1, -0.05) is 6.42 Å². The second kappa shape index (κ2) is 5.97. The highest BCUT2D eigenvalue weighted by molar-refractivity contribution is 5.78. The summed E-state index contributed by atoms with van der Waals surface area (Å²) in [6.45, 7) is 0.580. The number of esters is 1. The van der Waals surface area contributed by atoms with Crippen LogP contribution in [0.3, 0.4) is 0 Å². The number of piperidine rings is 1. The fraction of sp³-hybridized carbons (Fsp3) is 0.462. The Kier molecular flexibility index (Phi) is 4.46. The Hall–Kier alpha value is -1.70. The molecule has 1 heterocycles. The van der Waals surface area contributed by atoms with Crippen LogP contribution >= 0.6 is 0 Å². The SMILES string of the molecule is CN1CCCCC1C(=O)Oc1c(F)c(F)c(F)c(F)c1F. The fourth-order valence-corrected chi connectivity index (χ4v) is 2.22. The van der Waals surface area contributed by atoms with E-state index >= 15 is 0 Å². The number of carbonyl (C=O) groups is 1. The molecule has 21 heavy (non-hydrogen) atoms. The Morgan fingerprint density at radius 1 is 1.00 bits per heavy atom. The Labute approximate surface area is 117 Å². The molecule has 116 valence electrons. The normalized spacial score (nSPS) is 19.6. The summed E-state index contributed by atoms with van der Waals surface area (Å²) in [5.74, 6) is -13.5. The van der Waals surface area contributed by atoms with Gasteiger partial charge in [-0.2, -0.15) is 8.78 Å². The summed E-state index contributed by atoms with van der Waals surface area (Å²) in [5.41, 5.74) is 0. The molecule has 0 spiro atoms. The van der Waals surface area contributed by atoms with E-state index in [9.17, 15) is 26.7 Å². The molecule has 0 saturated carbocycles. The lowest BCUT2D eigenvalue weighted by Gasteiger charge is -2.30. The first-order chi connectivity index (χ1) is 9.84. The fourth-order valence-electron chi connectivity index (χ4n) is 2.22. The zero-order chi connectivity index (χ0) is 15.7. The molecular weight excluding hydrogens is 297 g/mol. The van der Waals surface area contributed by atoms with Gasteiger partial charge in [0.15, 0.2) is 0 Å². The number of nitrogens with zero attached hydrogens (tertiary/aromatic N) is 1. The molecule has 0 aromatic heterocycles. The molecule has 8 heteroatoms. The number of benzene rings is 1. The summed E-state index contributed by atoms with van der Waals surface area (Å²) in [7, 11) is 1.61. The average molecular weight is 309 g/mol. The third-order valence-corrected chi connectivity index (χ3v) is 3.41. The largest absolute Gasteiger partial charge is 0.419 e. The van der Waals surface area contributed by atoms with Crippen LogP contribution in [0.2, 0.25) is 0 Å². The topological polar surface area (TPSA) is 29.5 Å². The molecule has 2 rings (SSSR count). The standard InChI is InChI=1S/C13H12F5NO2/c1-19-5-3-2-4-6(19)13(20)21-12-10(17)8(15)7(14)9(16)11(12)18/h6H,2-5H2,1H3. The van der Waals surface area contributed by atoms with Crippen molar-refractivity contribution in [1.82, 2.24) is 4.90 Å². The van der Waals surface area contributed by atoms with Crippen LogP contribution in [-0.2, 0) is 4.79 Å². The van der Waals surface area contributed by atoms with E-state index in [4.69, 9.17) is 0 Å². The summed E-state index contributed by atoms with van der Waals surface area (Å²) in [6.07, 6.45) is 1.95. The number of halogens is 5. The average Bonchev–Trinajstić information content (AvgIpc) is 2.48. The maximum Gasteiger partial charge on any atom is 0.328 e. The lowest BCUT2D eigenvalue weighted by atomic mass is 10.0. The van der Waals surface area contributed by atoms with Crippen molar-refractivity contribution in [2.24, 2.45) is 0 Å². The number of likely N-dealkylation sites (tertiary alicyclic amines) is 1. The van der Waals surface area contributed by atoms with Crippen LogP contribution in [0.25, 0.3) is 0 Å². The molecule has 1 aromatic carbocycles. The Morgan fingerprint density at radius 3 is 2.05 bits per heavy atom. The van der Waals surface area contributed by atoms with E-state index in [2.05, 4.69) is 4.74 Å². The summed E-state index contributed by atoms with van der Waals surface area (Å²) in [4.78, 5) is 13.5. The first kappa shape index (κ1) is 15.7.